The van der Waals surface area contributed by atoms with E-state index < -0.39 is 0 Å². The molecule has 2 N–H and O–H groups in total. The first-order chi connectivity index (χ1) is 9.58. The van der Waals surface area contributed by atoms with Crippen molar-refractivity contribution in [3.63, 3.8) is 0 Å². The molecule has 5 nitrogen and oxygen atoms in total. The van der Waals surface area contributed by atoms with Crippen LogP contribution in [-0.4, -0.2) is 88.0 Å². The molecule has 0 saturated heterocycles. The molecular weight excluding hydrogens is 420 g/mol. The number of carbonyl (C=O) groups is 1. The summed E-state index contributed by atoms with van der Waals surface area (Å²) >= 11 is 3.13. The van der Waals surface area contributed by atoms with Crippen molar-refractivity contribution in [2.75, 3.05) is 12.3 Å². The van der Waals surface area contributed by atoms with Gasteiger partial charge in [0.1, 0.15) is 12.4 Å². The fourth-order valence-electron chi connectivity index (χ4n) is 0.643. The van der Waals surface area contributed by atoms with Crippen molar-refractivity contribution in [3.05, 3.63) is 27.5 Å². The molecule has 0 saturated carbocycles. The second kappa shape index (κ2) is 25.4. The van der Waals surface area contributed by atoms with Gasteiger partial charge in [-0.05, 0) is 0 Å². The molecule has 0 atom stereocenters. The maximum absolute atomic E-state index is 9.17. The Bertz CT molecular complexity index is 455. The van der Waals surface area contributed by atoms with Crippen LogP contribution in [0.2, 0.25) is 0 Å². The number of aryl methyl sites for hydroxylation is 1. The number of nitrogens with zero attached hydrogens (tertiary/aromatic N) is 3. The fourth-order valence-corrected chi connectivity index (χ4v) is 2.21. The minimum absolute atomic E-state index is 0. The number of nitriles is 2. The van der Waals surface area contributed by atoms with Crippen molar-refractivity contribution >= 4 is 86.0 Å². The van der Waals surface area contributed by atoms with E-state index >= 15 is 0 Å². The van der Waals surface area contributed by atoms with Gasteiger partial charge in [-0.15, -0.1) is 0 Å². The second-order valence-electron chi connectivity index (χ2n) is 2.82. The number of aldehydes is 1. The van der Waals surface area contributed by atoms with E-state index in [1.54, 1.807) is 6.07 Å². The van der Waals surface area contributed by atoms with Crippen molar-refractivity contribution < 1.29 is 4.79 Å². The number of rotatable bonds is 1. The molecule has 0 aliphatic rings. The van der Waals surface area contributed by atoms with E-state index in [2.05, 4.69) is 10.9 Å². The summed E-state index contributed by atoms with van der Waals surface area (Å²) in [6.45, 7) is 9.72. The average Bonchev–Trinajstić information content (AvgIpc) is 2.81. The zero-order chi connectivity index (χ0) is 16.4. The van der Waals surface area contributed by atoms with Crippen LogP contribution in [0.25, 0.3) is 4.85 Å². The Morgan fingerprint density at radius 1 is 1.52 bits per heavy atom. The van der Waals surface area contributed by atoms with Gasteiger partial charge in [0, 0.05) is 6.42 Å². The van der Waals surface area contributed by atoms with Crippen molar-refractivity contribution in [1.29, 1.82) is 10.5 Å². The third-order valence-corrected chi connectivity index (χ3v) is 3.38. The number of carbonyl (C=O) groups excluding carboxylic acids is 1. The van der Waals surface area contributed by atoms with E-state index in [0.717, 1.165) is 16.4 Å². The molecule has 0 unspecified atom stereocenters. The fraction of sp³-hybridized carbons (Fsp3) is 0.333. The molecule has 1 heterocycles. The van der Waals surface area contributed by atoms with Gasteiger partial charge < -0.3 is 9.64 Å². The van der Waals surface area contributed by atoms with Crippen LogP contribution in [0.15, 0.2) is 4.94 Å². The van der Waals surface area contributed by atoms with Gasteiger partial charge in [-0.3, -0.25) is 0 Å². The van der Waals surface area contributed by atoms with Crippen LogP contribution < -0.4 is 5.73 Å². The summed E-state index contributed by atoms with van der Waals surface area (Å²) in [5.74, 6) is 0. The third-order valence-electron chi connectivity index (χ3n) is 1.43. The van der Waals surface area contributed by atoms with Gasteiger partial charge in [0.05, 0.1) is 0 Å². The van der Waals surface area contributed by atoms with Crippen LogP contribution in [0.1, 0.15) is 24.5 Å². The molecule has 0 radical (unpaired) electrons. The Morgan fingerprint density at radius 3 is 2.10 bits per heavy atom. The van der Waals surface area contributed by atoms with Gasteiger partial charge in [0.25, 0.3) is 6.54 Å². The monoisotopic (exact) mass is 438 g/mol. The molecule has 0 spiro atoms. The molecular formula is C12H16N4Na2OSe2. The quantitative estimate of drug-likeness (QED) is 0.287. The second-order valence-corrected chi connectivity index (χ2v) is 4.73. The topological polar surface area (TPSA) is 95.0 Å². The van der Waals surface area contributed by atoms with Crippen LogP contribution in [0.4, 0.5) is 4.56 Å². The zero-order valence-electron chi connectivity index (χ0n) is 12.8. The van der Waals surface area contributed by atoms with Crippen LogP contribution in [0.5, 0.6) is 0 Å². The van der Waals surface area contributed by atoms with Gasteiger partial charge >= 0.3 is 120 Å². The Kier molecular flexibility index (Phi) is 35.7. The third kappa shape index (κ3) is 20.5. The Morgan fingerprint density at radius 2 is 2.00 bits per heavy atom. The van der Waals surface area contributed by atoms with Crippen LogP contribution in [-0.2, 0) is 4.79 Å². The number of hydrogen-bond acceptors (Lipinski definition) is 4. The summed E-state index contributed by atoms with van der Waals surface area (Å²) in [5, 5.41) is 16.1. The number of nitrogens with two attached hydrogens (primary N) is 1. The molecule has 0 aliphatic carbocycles. The average molecular weight is 436 g/mol. The molecule has 0 fully saturated rings. The van der Waals surface area contributed by atoms with Gasteiger partial charge in [0.2, 0.25) is 0 Å². The van der Waals surface area contributed by atoms with Crippen LogP contribution >= 0.6 is 0 Å². The van der Waals surface area contributed by atoms with Gasteiger partial charge in [0.15, 0.2) is 0 Å². The van der Waals surface area contributed by atoms with E-state index in [4.69, 9.17) is 22.8 Å². The standard InChI is InChI=1S/C6H6N2Se.C3H2N2.C3H6O.2Na.H2Se/c1-4-3-9-6(8)5(4)2-7;1-5-3-2-4;1-2-3-4;;;/h3H,8H2,1H3;3H2;3H,2H2,1H3;;;1H2. The molecule has 21 heavy (non-hydrogen) atoms. The normalized spacial score (nSPS) is 6.43. The van der Waals surface area contributed by atoms with Crippen LogP contribution in [0, 0.1) is 36.2 Å². The zero-order valence-corrected chi connectivity index (χ0v) is 20.6. The van der Waals surface area contributed by atoms with Gasteiger partial charge in [-0.1, -0.05) is 6.92 Å². The Hall–Kier alpha value is 0.459. The van der Waals surface area contributed by atoms with E-state index in [9.17, 15) is 4.79 Å². The molecule has 0 amide bonds. The Labute approximate surface area is 171 Å². The first-order valence-electron chi connectivity index (χ1n) is 5.96. The van der Waals surface area contributed by atoms with E-state index in [1.807, 2.05) is 18.8 Å². The number of hydrogen-bond donors (Lipinski definition) is 1. The Balaban J connectivity index is -0.000000104. The number of anilines is 1. The SMILES string of the molecule is CCC=O.Cc1c[se]c(N)c1C#N.[C-]#[N+]CC#N.[Na][Na].[SeH2]. The van der Waals surface area contributed by atoms with E-state index in [0.29, 0.717) is 12.0 Å². The van der Waals surface area contributed by atoms with Crippen LogP contribution in [0.3, 0.4) is 0 Å². The summed E-state index contributed by atoms with van der Waals surface area (Å²) in [5.41, 5.74) is 7.24. The summed E-state index contributed by atoms with van der Waals surface area (Å²) in [6, 6.07) is 3.73. The molecule has 1 aromatic heterocycles. The molecule has 0 aromatic carbocycles. The molecule has 1 rings (SSSR count). The summed E-state index contributed by atoms with van der Waals surface area (Å²) in [6.07, 6.45) is 1.51. The maximum atomic E-state index is 9.17. The first-order valence-corrected chi connectivity index (χ1v) is 15.8. The van der Waals surface area contributed by atoms with Gasteiger partial charge in [-0.2, -0.15) is 5.26 Å². The van der Waals surface area contributed by atoms with E-state index in [-0.39, 0.29) is 38.1 Å². The predicted octanol–water partition coefficient (Wildman–Crippen LogP) is -0.147. The summed E-state index contributed by atoms with van der Waals surface area (Å²) < 4.78 is 0.766. The number of nitrogen functional groups attached to an aromatic ring is 1. The van der Waals surface area contributed by atoms with Gasteiger partial charge in [-0.25, -0.2) is 6.57 Å². The minimum atomic E-state index is -0.0139. The summed E-state index contributed by atoms with van der Waals surface area (Å²) in [7, 11) is 0. The van der Waals surface area contributed by atoms with E-state index in [1.165, 1.54) is 43.6 Å². The molecule has 9 heteroatoms. The molecule has 104 valence electrons. The van der Waals surface area contributed by atoms with Crippen molar-refractivity contribution in [2.45, 2.75) is 20.3 Å². The predicted molar refractivity (Wildman–Crippen MR) is 90.7 cm³/mol. The molecule has 0 bridgehead atoms. The van der Waals surface area contributed by atoms with Crippen molar-refractivity contribution in [1.82, 2.24) is 0 Å². The summed E-state index contributed by atoms with van der Waals surface area (Å²) in [4.78, 5) is 13.9. The molecule has 1 aromatic rings. The van der Waals surface area contributed by atoms with Crippen molar-refractivity contribution in [3.8, 4) is 12.1 Å². The molecule has 0 aliphatic heterocycles. The van der Waals surface area contributed by atoms with Crippen molar-refractivity contribution in [2.24, 2.45) is 0 Å². The first kappa shape index (κ1) is 29.5.